The fourth-order valence-electron chi connectivity index (χ4n) is 10.0. The Morgan fingerprint density at radius 3 is 1.72 bits per heavy atom. The number of rotatable bonds is 12. The van der Waals surface area contributed by atoms with Crippen molar-refractivity contribution in [3.05, 3.63) is 271 Å². The van der Waals surface area contributed by atoms with Crippen molar-refractivity contribution in [2.75, 3.05) is 0 Å². The van der Waals surface area contributed by atoms with Crippen LogP contribution in [0.3, 0.4) is 0 Å². The number of fused-ring (bicyclic) bond motifs is 4. The fourth-order valence-corrected chi connectivity index (χ4v) is 10.0. The summed E-state index contributed by atoms with van der Waals surface area (Å²) in [4.78, 5) is 20.9. The molecule has 0 atom stereocenters. The molecule has 0 N–H and O–H groups in total. The van der Waals surface area contributed by atoms with Crippen molar-refractivity contribution < 1.29 is 39.5 Å². The zero-order valence-corrected chi connectivity index (χ0v) is 44.9. The van der Waals surface area contributed by atoms with Crippen molar-refractivity contribution >= 4 is 50.6 Å². The van der Waals surface area contributed by atoms with Gasteiger partial charge in [-0.25, -0.2) is 19.9 Å². The minimum Gasteiger partial charge on any atom is -0.508 e. The minimum absolute atomic E-state index is 0. The van der Waals surface area contributed by atoms with E-state index in [2.05, 4.69) is 76.2 Å². The molecule has 12 aromatic rings. The second kappa shape index (κ2) is 20.4. The summed E-state index contributed by atoms with van der Waals surface area (Å²) in [7, 11) is 0. The molecule has 0 spiro atoms. The molecule has 0 unspecified atom stereocenters. The topological polar surface area (TPSA) is 71.7 Å². The van der Waals surface area contributed by atoms with Gasteiger partial charge in [-0.3, -0.25) is 0 Å². The van der Waals surface area contributed by atoms with Gasteiger partial charge < -0.3 is 9.30 Å². The SMILES string of the molecule is [2H]c1c([2H])c([2H])c(-c2cccc(-c3c([2H])c([2H])c([2H])c([2H])c3[2H])c2[N+]2=C=[N+](c3[c-]c(Oc4[c-]c5c(cc4-c4nc(C(C)(C)c6ccccc6)nc(C(C)(C)c6ccccc6)n4)c4ccccc4n5-c4ccccn4)ccc3)c3ccccc32)c([2H])c1[2H].[Pt+2]. The van der Waals surface area contributed by atoms with Crippen molar-refractivity contribution in [1.29, 1.82) is 0 Å². The molecule has 0 saturated carbocycles. The van der Waals surface area contributed by atoms with Crippen LogP contribution in [0, 0.1) is 12.1 Å². The molecule has 3 aromatic heterocycles. The number of hydrogen-bond donors (Lipinski definition) is 0. The zero-order valence-electron chi connectivity index (χ0n) is 52.6. The second-order valence-electron chi connectivity index (χ2n) is 19.6. The van der Waals surface area contributed by atoms with Crippen LogP contribution in [0.4, 0.5) is 22.7 Å². The van der Waals surface area contributed by atoms with Gasteiger partial charge in [0, 0.05) is 46.2 Å². The van der Waals surface area contributed by atoms with Gasteiger partial charge in [-0.05, 0) is 95.8 Å². The first kappa shape index (κ1) is 39.2. The van der Waals surface area contributed by atoms with E-state index >= 15 is 0 Å². The van der Waals surface area contributed by atoms with E-state index in [0.29, 0.717) is 51.4 Å². The maximum absolute atomic E-state index is 9.16. The van der Waals surface area contributed by atoms with Crippen molar-refractivity contribution in [1.82, 2.24) is 33.7 Å². The monoisotopic (exact) mass is 1200 g/mol. The molecule has 13 rings (SSSR count). The number of hydrogen-bond acceptors (Lipinski definition) is 5. The van der Waals surface area contributed by atoms with Crippen LogP contribution < -0.4 is 13.9 Å². The number of para-hydroxylation sites is 4. The first-order chi connectivity index (χ1) is 41.8. The molecule has 376 valence electrons. The number of pyridine rings is 1. The van der Waals surface area contributed by atoms with E-state index in [0.717, 1.165) is 27.4 Å². The van der Waals surface area contributed by atoms with E-state index in [-0.39, 0.29) is 60.5 Å². The van der Waals surface area contributed by atoms with Gasteiger partial charge in [-0.1, -0.05) is 186 Å². The first-order valence-corrected chi connectivity index (χ1v) is 25.1. The maximum atomic E-state index is 9.16. The standard InChI is InChI=1S/C69H51N7O.Pt/c1-68(2,49-29-13-7-14-30-49)66-71-65(72-67(73-66)69(3,4)50-31-15-8-16-32-50)57-44-56-55-35-17-18-38-58(55)76(63-41-21-22-42-70-63)61(56)45-62(57)77-52-34-23-33-51(43-52)74-46-75(60-40-20-19-39-59(60)74)64-53(47-25-9-5-10-26-47)36-24-37-54(64)48-27-11-6-12-28-48;/h5-42,44H,1-4H3;/q;+2/i5D,6D,9D,10D,11D,12D,25D,26D,27D,28D;. The van der Waals surface area contributed by atoms with Crippen LogP contribution in [0.15, 0.2) is 236 Å². The van der Waals surface area contributed by atoms with E-state index in [1.807, 2.05) is 102 Å². The Balaban J connectivity index is 0.00000754. The third-order valence-corrected chi connectivity index (χ3v) is 14.1. The Labute approximate surface area is 482 Å². The predicted octanol–water partition coefficient (Wildman–Crippen LogP) is 16.3. The van der Waals surface area contributed by atoms with Gasteiger partial charge in [0.15, 0.2) is 0 Å². The van der Waals surface area contributed by atoms with Crippen LogP contribution >= 0.6 is 0 Å². The quantitative estimate of drug-likeness (QED) is 0.0900. The molecule has 0 saturated heterocycles. The average molecular weight is 1200 g/mol. The number of nitrogens with zero attached hydrogens (tertiary/aromatic N) is 7. The summed E-state index contributed by atoms with van der Waals surface area (Å²) >= 11 is 0. The average Bonchev–Trinajstić information content (AvgIpc) is 1.85. The largest absolute Gasteiger partial charge is 2.00 e. The summed E-state index contributed by atoms with van der Waals surface area (Å²) in [5, 5.41) is 1.78. The first-order valence-electron chi connectivity index (χ1n) is 30.1. The number of ether oxygens (including phenoxy) is 1. The summed E-state index contributed by atoms with van der Waals surface area (Å²) < 4.78 is 101. The zero-order chi connectivity index (χ0) is 60.8. The van der Waals surface area contributed by atoms with E-state index in [9.17, 15) is 0 Å². The van der Waals surface area contributed by atoms with Crippen LogP contribution in [-0.4, -0.2) is 30.5 Å². The third-order valence-electron chi connectivity index (χ3n) is 14.1. The van der Waals surface area contributed by atoms with Crippen molar-refractivity contribution in [3.63, 3.8) is 0 Å². The van der Waals surface area contributed by atoms with Crippen LogP contribution in [-0.2, 0) is 31.9 Å². The molecule has 0 bridgehead atoms. The smallest absolute Gasteiger partial charge is 0.508 e. The van der Waals surface area contributed by atoms with E-state index in [1.54, 1.807) is 57.8 Å². The Hall–Kier alpha value is -9.19. The van der Waals surface area contributed by atoms with Crippen LogP contribution in [0.2, 0.25) is 0 Å². The van der Waals surface area contributed by atoms with Gasteiger partial charge in [0.2, 0.25) is 5.69 Å². The summed E-state index contributed by atoms with van der Waals surface area (Å²) in [6.07, 6.45) is 1.75. The summed E-state index contributed by atoms with van der Waals surface area (Å²) in [6, 6.07) is 58.7. The normalized spacial score (nSPS) is 14.0. The minimum atomic E-state index is -0.704. The van der Waals surface area contributed by atoms with Crippen LogP contribution in [0.5, 0.6) is 11.5 Å². The molecule has 0 amide bonds. The van der Waals surface area contributed by atoms with E-state index in [4.69, 9.17) is 38.4 Å². The van der Waals surface area contributed by atoms with Gasteiger partial charge in [-0.2, -0.15) is 6.07 Å². The fraction of sp³-hybridized carbons (Fsp3) is 0.0870. The predicted molar refractivity (Wildman–Crippen MR) is 310 cm³/mol. The molecule has 1 aliphatic rings. The number of benzene rings is 9. The van der Waals surface area contributed by atoms with Crippen molar-refractivity contribution in [2.24, 2.45) is 0 Å². The molecule has 78 heavy (non-hydrogen) atoms. The van der Waals surface area contributed by atoms with Gasteiger partial charge >= 0.3 is 27.1 Å². The second-order valence-corrected chi connectivity index (χ2v) is 19.6. The van der Waals surface area contributed by atoms with Crippen LogP contribution in [0.25, 0.3) is 61.3 Å². The molecule has 0 fully saturated rings. The molecule has 1 aliphatic heterocycles. The van der Waals surface area contributed by atoms with Gasteiger partial charge in [0.05, 0.1) is 24.8 Å². The van der Waals surface area contributed by atoms with E-state index in [1.165, 1.54) is 0 Å². The van der Waals surface area contributed by atoms with Crippen LogP contribution in [0.1, 0.15) is 64.2 Å². The van der Waals surface area contributed by atoms with Gasteiger partial charge in [0.25, 0.3) is 11.4 Å². The summed E-state index contributed by atoms with van der Waals surface area (Å²) in [6.45, 7) is 8.41. The van der Waals surface area contributed by atoms with E-state index < -0.39 is 71.3 Å². The Bertz CT molecular complexity index is 4690. The maximum Gasteiger partial charge on any atom is 2.00 e. The van der Waals surface area contributed by atoms with Gasteiger partial charge in [-0.15, -0.1) is 23.6 Å². The molecule has 9 heteroatoms. The Morgan fingerprint density at radius 2 is 1.10 bits per heavy atom. The summed E-state index contributed by atoms with van der Waals surface area (Å²) in [5.41, 5.74) is 4.20. The Kier molecular flexibility index (Phi) is 10.3. The van der Waals surface area contributed by atoms with Crippen molar-refractivity contribution in [2.45, 2.75) is 38.5 Å². The molecule has 0 radical (unpaired) electrons. The van der Waals surface area contributed by atoms with Gasteiger partial charge in [0.1, 0.15) is 29.0 Å². The molecule has 4 heterocycles. The van der Waals surface area contributed by atoms with Crippen molar-refractivity contribution in [3.8, 4) is 51.0 Å². The summed E-state index contributed by atoms with van der Waals surface area (Å²) in [5.74, 6) is 2.61. The third kappa shape index (κ3) is 8.85. The molecule has 8 nitrogen and oxygen atoms in total. The molecule has 9 aromatic carbocycles. The molecular formula is C69H51N7OPt+2. The molecular weight excluding hydrogens is 1140 g/mol. The Morgan fingerprint density at radius 1 is 0.538 bits per heavy atom. The molecule has 0 aliphatic carbocycles. The number of aromatic nitrogens is 5.